The zero-order valence-corrected chi connectivity index (χ0v) is 18.8. The van der Waals surface area contributed by atoms with Gasteiger partial charge in [0, 0.05) is 37.6 Å². The number of hydrogen-bond donors (Lipinski definition) is 0. The first kappa shape index (κ1) is 20.6. The quantitative estimate of drug-likeness (QED) is 0.388. The minimum atomic E-state index is 1.19. The number of rotatable bonds is 6. The summed E-state index contributed by atoms with van der Waals surface area (Å²) >= 11 is 0. The van der Waals surface area contributed by atoms with Gasteiger partial charge in [-0.3, -0.25) is 0 Å². The number of benzene rings is 3. The van der Waals surface area contributed by atoms with E-state index in [4.69, 9.17) is 0 Å². The van der Waals surface area contributed by atoms with Crippen LogP contribution < -0.4 is 9.80 Å². The summed E-state index contributed by atoms with van der Waals surface area (Å²) in [7, 11) is 0. The van der Waals surface area contributed by atoms with Crippen LogP contribution in [0.25, 0.3) is 24.3 Å². The Balaban J connectivity index is 1.17. The first-order chi connectivity index (χ1) is 15.8. The molecule has 2 aliphatic rings. The predicted octanol–water partition coefficient (Wildman–Crippen LogP) is 7.23. The molecule has 32 heavy (non-hydrogen) atoms. The normalized spacial score (nSPS) is 16.6. The van der Waals surface area contributed by atoms with E-state index in [1.54, 1.807) is 0 Å². The van der Waals surface area contributed by atoms with Gasteiger partial charge in [0.05, 0.1) is 0 Å². The zero-order chi connectivity index (χ0) is 21.6. The van der Waals surface area contributed by atoms with E-state index >= 15 is 0 Å². The highest BCUT2D eigenvalue weighted by Crippen LogP contribution is 2.22. The number of anilines is 2. The molecule has 0 amide bonds. The highest BCUT2D eigenvalue weighted by atomic mass is 15.1. The molecule has 0 aliphatic carbocycles. The SMILES string of the molecule is C(=C\c1ccc(N2CCCC2)cc1)/c1ccc(/C=C/c2ccc(N3CCCC3)cc2)cc1. The molecule has 0 saturated carbocycles. The van der Waals surface area contributed by atoms with Crippen molar-refractivity contribution in [1.82, 2.24) is 0 Å². The predicted molar refractivity (Wildman–Crippen MR) is 140 cm³/mol. The van der Waals surface area contributed by atoms with Crippen molar-refractivity contribution in [1.29, 1.82) is 0 Å². The van der Waals surface area contributed by atoms with Gasteiger partial charge in [-0.25, -0.2) is 0 Å². The number of nitrogens with zero attached hydrogens (tertiary/aromatic N) is 2. The van der Waals surface area contributed by atoms with Crippen molar-refractivity contribution in [2.24, 2.45) is 0 Å². The van der Waals surface area contributed by atoms with Crippen molar-refractivity contribution in [3.05, 3.63) is 95.1 Å². The number of hydrogen-bond acceptors (Lipinski definition) is 2. The van der Waals surface area contributed by atoms with Gasteiger partial charge in [-0.15, -0.1) is 0 Å². The van der Waals surface area contributed by atoms with E-state index in [0.29, 0.717) is 0 Å². The summed E-state index contributed by atoms with van der Waals surface area (Å²) in [6.07, 6.45) is 14.0. The van der Waals surface area contributed by atoms with Crippen LogP contribution in [0, 0.1) is 0 Å². The molecule has 162 valence electrons. The van der Waals surface area contributed by atoms with Gasteiger partial charge in [0.25, 0.3) is 0 Å². The molecule has 2 heterocycles. The Kier molecular flexibility index (Phi) is 6.39. The lowest BCUT2D eigenvalue weighted by molar-refractivity contribution is 0.949. The van der Waals surface area contributed by atoms with Crippen LogP contribution in [0.15, 0.2) is 72.8 Å². The van der Waals surface area contributed by atoms with Crippen LogP contribution in [0.4, 0.5) is 11.4 Å². The van der Waals surface area contributed by atoms with Crippen molar-refractivity contribution < 1.29 is 0 Å². The third kappa shape index (κ3) is 5.13. The first-order valence-electron chi connectivity index (χ1n) is 12.0. The van der Waals surface area contributed by atoms with Crippen molar-refractivity contribution in [2.75, 3.05) is 36.0 Å². The third-order valence-electron chi connectivity index (χ3n) is 6.60. The molecule has 2 aliphatic heterocycles. The second-order valence-electron chi connectivity index (χ2n) is 8.90. The molecule has 3 aromatic rings. The molecular formula is C30H32N2. The summed E-state index contributed by atoms with van der Waals surface area (Å²) in [6, 6.07) is 26.6. The van der Waals surface area contributed by atoms with Crippen molar-refractivity contribution in [3.8, 4) is 0 Å². The highest BCUT2D eigenvalue weighted by molar-refractivity contribution is 5.74. The second kappa shape index (κ2) is 9.91. The van der Waals surface area contributed by atoms with Crippen LogP contribution in [0.1, 0.15) is 47.9 Å². The molecule has 0 spiro atoms. The van der Waals surface area contributed by atoms with Crippen molar-refractivity contribution in [2.45, 2.75) is 25.7 Å². The Hall–Kier alpha value is -3.26. The van der Waals surface area contributed by atoms with E-state index in [2.05, 4.69) is 107 Å². The van der Waals surface area contributed by atoms with Gasteiger partial charge >= 0.3 is 0 Å². The lowest BCUT2D eigenvalue weighted by Crippen LogP contribution is -2.17. The zero-order valence-electron chi connectivity index (χ0n) is 18.8. The fraction of sp³-hybridized carbons (Fsp3) is 0.267. The molecule has 3 aromatic carbocycles. The Morgan fingerprint density at radius 3 is 0.906 bits per heavy atom. The molecule has 2 fully saturated rings. The molecule has 0 N–H and O–H groups in total. The van der Waals surface area contributed by atoms with Gasteiger partial charge in [0.15, 0.2) is 0 Å². The standard InChI is InChI=1S/C30H32N2/c1-2-22-31(21-1)29-17-13-27(14-18-29)11-9-25-5-7-26(8-6-25)10-12-28-15-19-30(20-16-28)32-23-3-4-24-32/h5-20H,1-4,21-24H2/b11-9+,12-10+. The molecule has 0 bridgehead atoms. The van der Waals surface area contributed by atoms with Gasteiger partial charge in [-0.1, -0.05) is 72.8 Å². The van der Waals surface area contributed by atoms with Crippen LogP contribution in [0.2, 0.25) is 0 Å². The average molecular weight is 421 g/mol. The molecule has 5 rings (SSSR count). The van der Waals surface area contributed by atoms with Crippen LogP contribution in [-0.2, 0) is 0 Å². The monoisotopic (exact) mass is 420 g/mol. The minimum Gasteiger partial charge on any atom is -0.372 e. The first-order valence-corrected chi connectivity index (χ1v) is 12.0. The summed E-state index contributed by atoms with van der Waals surface area (Å²) in [5.74, 6) is 0. The minimum absolute atomic E-state index is 1.19. The molecule has 0 atom stereocenters. The summed E-state index contributed by atoms with van der Waals surface area (Å²) in [4.78, 5) is 4.95. The van der Waals surface area contributed by atoms with Gasteiger partial charge < -0.3 is 9.80 Å². The van der Waals surface area contributed by atoms with Crippen molar-refractivity contribution in [3.63, 3.8) is 0 Å². The van der Waals surface area contributed by atoms with E-state index in [-0.39, 0.29) is 0 Å². The summed E-state index contributed by atoms with van der Waals surface area (Å²) in [6.45, 7) is 4.78. The molecule has 0 aromatic heterocycles. The largest absolute Gasteiger partial charge is 0.372 e. The maximum atomic E-state index is 2.47. The van der Waals surface area contributed by atoms with Gasteiger partial charge in [-0.2, -0.15) is 0 Å². The van der Waals surface area contributed by atoms with E-state index in [9.17, 15) is 0 Å². The Morgan fingerprint density at radius 1 is 0.375 bits per heavy atom. The maximum absolute atomic E-state index is 2.47. The molecule has 0 radical (unpaired) electrons. The topological polar surface area (TPSA) is 6.48 Å². The van der Waals surface area contributed by atoms with Crippen LogP contribution >= 0.6 is 0 Å². The van der Waals surface area contributed by atoms with E-state index in [1.165, 1.54) is 85.5 Å². The van der Waals surface area contributed by atoms with Gasteiger partial charge in [-0.05, 0) is 72.2 Å². The summed E-state index contributed by atoms with van der Waals surface area (Å²) in [5, 5.41) is 0. The summed E-state index contributed by atoms with van der Waals surface area (Å²) < 4.78 is 0. The Morgan fingerprint density at radius 2 is 0.625 bits per heavy atom. The van der Waals surface area contributed by atoms with Crippen LogP contribution in [-0.4, -0.2) is 26.2 Å². The lowest BCUT2D eigenvalue weighted by Gasteiger charge is -2.17. The molecule has 0 unspecified atom stereocenters. The highest BCUT2D eigenvalue weighted by Gasteiger charge is 2.12. The van der Waals surface area contributed by atoms with Gasteiger partial charge in [0.1, 0.15) is 0 Å². The van der Waals surface area contributed by atoms with Crippen LogP contribution in [0.3, 0.4) is 0 Å². The van der Waals surface area contributed by atoms with E-state index in [1.807, 2.05) is 0 Å². The fourth-order valence-corrected chi connectivity index (χ4v) is 4.65. The lowest BCUT2D eigenvalue weighted by atomic mass is 10.1. The smallest absolute Gasteiger partial charge is 0.0366 e. The average Bonchev–Trinajstić information content (AvgIpc) is 3.58. The molecule has 2 saturated heterocycles. The third-order valence-corrected chi connectivity index (χ3v) is 6.60. The fourth-order valence-electron chi connectivity index (χ4n) is 4.65. The molecule has 2 nitrogen and oxygen atoms in total. The molecular weight excluding hydrogens is 388 g/mol. The van der Waals surface area contributed by atoms with Gasteiger partial charge in [0.2, 0.25) is 0 Å². The van der Waals surface area contributed by atoms with E-state index < -0.39 is 0 Å². The Bertz CT molecular complexity index is 959. The summed E-state index contributed by atoms with van der Waals surface area (Å²) in [5.41, 5.74) is 7.63. The Labute approximate surface area is 192 Å². The van der Waals surface area contributed by atoms with Crippen molar-refractivity contribution >= 4 is 35.7 Å². The van der Waals surface area contributed by atoms with Crippen LogP contribution in [0.5, 0.6) is 0 Å². The maximum Gasteiger partial charge on any atom is 0.0366 e. The second-order valence-corrected chi connectivity index (χ2v) is 8.90. The molecule has 2 heteroatoms. The van der Waals surface area contributed by atoms with E-state index in [0.717, 1.165) is 0 Å².